The van der Waals surface area contributed by atoms with Crippen LogP contribution in [0.1, 0.15) is 31.2 Å². The second kappa shape index (κ2) is 4.05. The van der Waals surface area contributed by atoms with Gasteiger partial charge in [0.05, 0.1) is 6.42 Å². The number of carboxylic acid groups (broad SMARTS) is 1. The minimum Gasteiger partial charge on any atom is -0.481 e. The Morgan fingerprint density at radius 2 is 1.76 bits per heavy atom. The molecule has 0 bridgehead atoms. The summed E-state index contributed by atoms with van der Waals surface area (Å²) in [6.45, 7) is 0. The third-order valence-electron chi connectivity index (χ3n) is 3.38. The summed E-state index contributed by atoms with van der Waals surface area (Å²) >= 11 is 0. The van der Waals surface area contributed by atoms with Crippen LogP contribution in [0.4, 0.5) is 13.2 Å². The van der Waals surface area contributed by atoms with Crippen molar-refractivity contribution in [1.29, 1.82) is 0 Å². The first kappa shape index (κ1) is 12.0. The van der Waals surface area contributed by atoms with E-state index in [9.17, 15) is 18.0 Å². The summed E-state index contributed by atoms with van der Waals surface area (Å²) in [5.74, 6) is -4.33. The van der Waals surface area contributed by atoms with Crippen LogP contribution in [0.25, 0.3) is 0 Å². The molecule has 0 atom stereocenters. The molecule has 0 amide bonds. The first-order valence-corrected chi connectivity index (χ1v) is 5.31. The molecule has 0 spiro atoms. The standard InChI is InChI=1S/C12H11F3O2/c13-8-5-10(15)9(14)4-7(8)12(2-1-3-12)6-11(16)17/h4-5H,1-3,6H2,(H,16,17). The molecule has 0 radical (unpaired) electrons. The zero-order valence-electron chi connectivity index (χ0n) is 8.97. The van der Waals surface area contributed by atoms with Gasteiger partial charge in [-0.1, -0.05) is 6.42 Å². The van der Waals surface area contributed by atoms with Gasteiger partial charge in [0.25, 0.3) is 0 Å². The van der Waals surface area contributed by atoms with Crippen LogP contribution in [0.15, 0.2) is 12.1 Å². The van der Waals surface area contributed by atoms with E-state index in [-0.39, 0.29) is 12.0 Å². The minimum atomic E-state index is -1.25. The Kier molecular flexibility index (Phi) is 2.85. The average molecular weight is 244 g/mol. The molecule has 92 valence electrons. The molecule has 1 fully saturated rings. The normalized spacial score (nSPS) is 17.6. The Balaban J connectivity index is 2.44. The molecule has 2 rings (SSSR count). The van der Waals surface area contributed by atoms with Crippen molar-refractivity contribution in [2.45, 2.75) is 31.1 Å². The number of hydrogen-bond donors (Lipinski definition) is 1. The highest BCUT2D eigenvalue weighted by atomic mass is 19.2. The lowest BCUT2D eigenvalue weighted by molar-refractivity contribution is -0.139. The molecule has 17 heavy (non-hydrogen) atoms. The molecule has 0 saturated heterocycles. The Labute approximate surface area is 96.1 Å². The SMILES string of the molecule is O=C(O)CC1(c2cc(F)c(F)cc2F)CCC1. The third-order valence-corrected chi connectivity index (χ3v) is 3.38. The molecule has 5 heteroatoms. The molecule has 1 aliphatic carbocycles. The van der Waals surface area contributed by atoms with Gasteiger partial charge in [-0.15, -0.1) is 0 Å². The molecule has 1 saturated carbocycles. The molecule has 0 aliphatic heterocycles. The first-order chi connectivity index (χ1) is 7.94. The zero-order valence-corrected chi connectivity index (χ0v) is 8.97. The number of hydrogen-bond acceptors (Lipinski definition) is 1. The van der Waals surface area contributed by atoms with Crippen molar-refractivity contribution in [2.75, 3.05) is 0 Å². The summed E-state index contributed by atoms with van der Waals surface area (Å²) in [4.78, 5) is 10.8. The van der Waals surface area contributed by atoms with Crippen molar-refractivity contribution in [2.24, 2.45) is 0 Å². The second-order valence-corrected chi connectivity index (χ2v) is 4.45. The van der Waals surface area contributed by atoms with Crippen molar-refractivity contribution >= 4 is 5.97 Å². The van der Waals surface area contributed by atoms with Crippen molar-refractivity contribution in [3.05, 3.63) is 35.1 Å². The molecule has 1 aromatic carbocycles. The highest BCUT2D eigenvalue weighted by Gasteiger charge is 2.42. The summed E-state index contributed by atoms with van der Waals surface area (Å²) in [6, 6.07) is 1.26. The lowest BCUT2D eigenvalue weighted by Crippen LogP contribution is -2.37. The van der Waals surface area contributed by atoms with Gasteiger partial charge >= 0.3 is 5.97 Å². The summed E-state index contributed by atoms with van der Waals surface area (Å²) < 4.78 is 39.5. The van der Waals surface area contributed by atoms with Crippen LogP contribution in [0, 0.1) is 17.5 Å². The largest absolute Gasteiger partial charge is 0.481 e. The molecule has 1 N–H and O–H groups in total. The van der Waals surface area contributed by atoms with E-state index >= 15 is 0 Å². The van der Waals surface area contributed by atoms with Gasteiger partial charge in [0.15, 0.2) is 11.6 Å². The Morgan fingerprint density at radius 1 is 1.18 bits per heavy atom. The fourth-order valence-corrected chi connectivity index (χ4v) is 2.36. The van der Waals surface area contributed by atoms with Crippen LogP contribution in [-0.4, -0.2) is 11.1 Å². The monoisotopic (exact) mass is 244 g/mol. The van der Waals surface area contributed by atoms with E-state index in [1.54, 1.807) is 0 Å². The predicted octanol–water partition coefficient (Wildman–Crippen LogP) is 3.00. The van der Waals surface area contributed by atoms with Crippen LogP contribution in [0.5, 0.6) is 0 Å². The van der Waals surface area contributed by atoms with Crippen molar-refractivity contribution < 1.29 is 23.1 Å². The second-order valence-electron chi connectivity index (χ2n) is 4.45. The molecule has 0 heterocycles. The van der Waals surface area contributed by atoms with Crippen molar-refractivity contribution in [3.8, 4) is 0 Å². The predicted molar refractivity (Wildman–Crippen MR) is 54.1 cm³/mol. The van der Waals surface area contributed by atoms with Gasteiger partial charge in [0, 0.05) is 11.5 Å². The van der Waals surface area contributed by atoms with E-state index < -0.39 is 28.8 Å². The molecule has 1 aliphatic rings. The smallest absolute Gasteiger partial charge is 0.304 e. The molecule has 0 unspecified atom stereocenters. The number of benzene rings is 1. The highest BCUT2D eigenvalue weighted by molar-refractivity contribution is 5.69. The molecule has 0 aromatic heterocycles. The fourth-order valence-electron chi connectivity index (χ4n) is 2.36. The highest BCUT2D eigenvalue weighted by Crippen LogP contribution is 2.47. The van der Waals surface area contributed by atoms with E-state index in [1.165, 1.54) is 0 Å². The summed E-state index contributed by atoms with van der Waals surface area (Å²) in [5, 5.41) is 8.80. The maximum atomic E-state index is 13.6. The average Bonchev–Trinajstić information content (AvgIpc) is 2.17. The van der Waals surface area contributed by atoms with Gasteiger partial charge < -0.3 is 5.11 Å². The van der Waals surface area contributed by atoms with Gasteiger partial charge in [0.1, 0.15) is 5.82 Å². The van der Waals surface area contributed by atoms with E-state index in [2.05, 4.69) is 0 Å². The van der Waals surface area contributed by atoms with Gasteiger partial charge in [-0.05, 0) is 24.5 Å². The van der Waals surface area contributed by atoms with Crippen molar-refractivity contribution in [1.82, 2.24) is 0 Å². The van der Waals surface area contributed by atoms with Gasteiger partial charge in [-0.3, -0.25) is 4.79 Å². The first-order valence-electron chi connectivity index (χ1n) is 5.31. The Morgan fingerprint density at radius 3 is 2.24 bits per heavy atom. The van der Waals surface area contributed by atoms with Crippen molar-refractivity contribution in [3.63, 3.8) is 0 Å². The number of aliphatic carboxylic acids is 1. The fraction of sp³-hybridized carbons (Fsp3) is 0.417. The molecular formula is C12H11F3O2. The summed E-state index contributed by atoms with van der Waals surface area (Å²) in [5.41, 5.74) is -0.894. The third kappa shape index (κ3) is 2.01. The van der Waals surface area contributed by atoms with E-state index in [4.69, 9.17) is 5.11 Å². The maximum Gasteiger partial charge on any atom is 0.304 e. The maximum absolute atomic E-state index is 13.6. The van der Waals surface area contributed by atoms with Crippen LogP contribution in [0.3, 0.4) is 0 Å². The number of carbonyl (C=O) groups is 1. The van der Waals surface area contributed by atoms with E-state index in [0.717, 1.165) is 12.5 Å². The van der Waals surface area contributed by atoms with Gasteiger partial charge in [-0.25, -0.2) is 13.2 Å². The van der Waals surface area contributed by atoms with Crippen LogP contribution in [-0.2, 0) is 10.2 Å². The number of carboxylic acids is 1. The van der Waals surface area contributed by atoms with Gasteiger partial charge in [-0.2, -0.15) is 0 Å². The minimum absolute atomic E-state index is 0.0231. The lowest BCUT2D eigenvalue weighted by atomic mass is 9.62. The number of halogens is 3. The summed E-state index contributed by atoms with van der Waals surface area (Å²) in [7, 11) is 0. The molecule has 1 aromatic rings. The van der Waals surface area contributed by atoms with Crippen LogP contribution in [0.2, 0.25) is 0 Å². The summed E-state index contributed by atoms with van der Waals surface area (Å²) in [6.07, 6.45) is 1.49. The van der Waals surface area contributed by atoms with E-state index in [1.807, 2.05) is 0 Å². The van der Waals surface area contributed by atoms with E-state index in [0.29, 0.717) is 18.9 Å². The zero-order chi connectivity index (χ0) is 12.6. The Hall–Kier alpha value is -1.52. The molecular weight excluding hydrogens is 233 g/mol. The van der Waals surface area contributed by atoms with Gasteiger partial charge in [0.2, 0.25) is 0 Å². The number of rotatable bonds is 3. The lowest BCUT2D eigenvalue weighted by Gasteiger charge is -2.41. The molecule has 2 nitrogen and oxygen atoms in total. The van der Waals surface area contributed by atoms with Crippen LogP contribution < -0.4 is 0 Å². The Bertz CT molecular complexity index is 467. The van der Waals surface area contributed by atoms with Crippen LogP contribution >= 0.6 is 0 Å². The topological polar surface area (TPSA) is 37.3 Å². The quantitative estimate of drug-likeness (QED) is 0.830.